The molecule has 3 rings (SSSR count). The van der Waals surface area contributed by atoms with Gasteiger partial charge in [-0.05, 0) is 30.7 Å². The second-order valence-corrected chi connectivity index (χ2v) is 4.48. The van der Waals surface area contributed by atoms with Gasteiger partial charge in [0.15, 0.2) is 0 Å². The summed E-state index contributed by atoms with van der Waals surface area (Å²) in [6.07, 6.45) is 1.95. The lowest BCUT2D eigenvalue weighted by atomic mass is 10.1. The van der Waals surface area contributed by atoms with Crippen molar-refractivity contribution in [1.29, 1.82) is 0 Å². The molecule has 0 aliphatic heterocycles. The van der Waals surface area contributed by atoms with Crippen molar-refractivity contribution in [2.45, 2.75) is 13.0 Å². The molecule has 2 heteroatoms. The maximum atomic E-state index is 13.7. The van der Waals surface area contributed by atoms with E-state index >= 15 is 0 Å². The van der Waals surface area contributed by atoms with Crippen LogP contribution in [0.2, 0.25) is 0 Å². The van der Waals surface area contributed by atoms with Gasteiger partial charge in [0.2, 0.25) is 0 Å². The van der Waals surface area contributed by atoms with E-state index in [0.717, 1.165) is 5.52 Å². The zero-order chi connectivity index (χ0) is 12.5. The zero-order valence-corrected chi connectivity index (χ0v) is 10.2. The van der Waals surface area contributed by atoms with Gasteiger partial charge < -0.3 is 4.57 Å². The van der Waals surface area contributed by atoms with E-state index in [4.69, 9.17) is 0 Å². The molecule has 1 atom stereocenters. The van der Waals surface area contributed by atoms with Crippen molar-refractivity contribution in [1.82, 2.24) is 4.57 Å². The number of halogens is 1. The lowest BCUT2D eigenvalue weighted by molar-refractivity contribution is 0.637. The van der Waals surface area contributed by atoms with Crippen LogP contribution in [0.5, 0.6) is 0 Å². The standard InChI is InChI=1S/C16H14FN/c1-12(13-6-3-2-4-7-13)18-11-10-14-15(17)8-5-9-16(14)18/h2-12H,1H3. The molecule has 1 unspecified atom stereocenters. The highest BCUT2D eigenvalue weighted by molar-refractivity contribution is 5.81. The fraction of sp³-hybridized carbons (Fsp3) is 0.125. The van der Waals surface area contributed by atoms with E-state index < -0.39 is 0 Å². The van der Waals surface area contributed by atoms with Gasteiger partial charge in [-0.3, -0.25) is 0 Å². The smallest absolute Gasteiger partial charge is 0.132 e. The Bertz CT molecular complexity index is 670. The minimum atomic E-state index is -0.161. The number of nitrogens with zero attached hydrogens (tertiary/aromatic N) is 1. The first-order chi connectivity index (χ1) is 8.77. The van der Waals surface area contributed by atoms with Crippen molar-refractivity contribution in [2.24, 2.45) is 0 Å². The van der Waals surface area contributed by atoms with Crippen molar-refractivity contribution in [3.05, 3.63) is 72.2 Å². The molecular weight excluding hydrogens is 225 g/mol. The third-order valence-corrected chi connectivity index (χ3v) is 3.41. The molecule has 0 radical (unpaired) electrons. The van der Waals surface area contributed by atoms with Crippen LogP contribution >= 0.6 is 0 Å². The first kappa shape index (κ1) is 11.0. The Morgan fingerprint density at radius 3 is 2.50 bits per heavy atom. The molecular formula is C16H14FN. The van der Waals surface area contributed by atoms with Gasteiger partial charge in [-0.25, -0.2) is 4.39 Å². The van der Waals surface area contributed by atoms with Crippen molar-refractivity contribution in [2.75, 3.05) is 0 Å². The largest absolute Gasteiger partial charge is 0.340 e. The van der Waals surface area contributed by atoms with Crippen LogP contribution in [0.3, 0.4) is 0 Å². The lowest BCUT2D eigenvalue weighted by Gasteiger charge is -2.15. The summed E-state index contributed by atoms with van der Waals surface area (Å²) in [4.78, 5) is 0. The Morgan fingerprint density at radius 2 is 1.72 bits per heavy atom. The van der Waals surface area contributed by atoms with Crippen molar-refractivity contribution >= 4 is 10.9 Å². The van der Waals surface area contributed by atoms with Gasteiger partial charge in [-0.2, -0.15) is 0 Å². The average molecular weight is 239 g/mol. The van der Waals surface area contributed by atoms with Gasteiger partial charge in [0.1, 0.15) is 5.82 Å². The SMILES string of the molecule is CC(c1ccccc1)n1ccc2c(F)cccc21. The number of aromatic nitrogens is 1. The topological polar surface area (TPSA) is 4.93 Å². The minimum absolute atomic E-state index is 0.161. The summed E-state index contributed by atoms with van der Waals surface area (Å²) in [6, 6.07) is 17.5. The molecule has 2 aromatic carbocycles. The number of fused-ring (bicyclic) bond motifs is 1. The van der Waals surface area contributed by atoms with Crippen molar-refractivity contribution in [3.8, 4) is 0 Å². The lowest BCUT2D eigenvalue weighted by Crippen LogP contribution is -2.04. The predicted octanol–water partition coefficient (Wildman–Crippen LogP) is 4.39. The number of benzene rings is 2. The Balaban J connectivity index is 2.13. The van der Waals surface area contributed by atoms with E-state index in [9.17, 15) is 4.39 Å². The van der Waals surface area contributed by atoms with Crippen LogP contribution in [0.4, 0.5) is 4.39 Å². The van der Waals surface area contributed by atoms with Crippen LogP contribution < -0.4 is 0 Å². The fourth-order valence-electron chi connectivity index (χ4n) is 2.38. The second-order valence-electron chi connectivity index (χ2n) is 4.48. The Hall–Kier alpha value is -2.09. The van der Waals surface area contributed by atoms with Crippen LogP contribution in [-0.2, 0) is 0 Å². The summed E-state index contributed by atoms with van der Waals surface area (Å²) in [5.74, 6) is -0.161. The molecule has 1 heterocycles. The summed E-state index contributed by atoms with van der Waals surface area (Å²) in [5, 5.41) is 0.681. The first-order valence-electron chi connectivity index (χ1n) is 6.07. The monoisotopic (exact) mass is 239 g/mol. The average Bonchev–Trinajstić information content (AvgIpc) is 2.84. The summed E-state index contributed by atoms with van der Waals surface area (Å²) in [5.41, 5.74) is 2.16. The molecule has 0 N–H and O–H groups in total. The van der Waals surface area contributed by atoms with Gasteiger partial charge in [-0.15, -0.1) is 0 Å². The van der Waals surface area contributed by atoms with E-state index in [1.807, 2.05) is 36.5 Å². The highest BCUT2D eigenvalue weighted by Gasteiger charge is 2.11. The maximum absolute atomic E-state index is 13.7. The molecule has 0 amide bonds. The summed E-state index contributed by atoms with van der Waals surface area (Å²) in [6.45, 7) is 2.12. The molecule has 3 aromatic rings. The summed E-state index contributed by atoms with van der Waals surface area (Å²) >= 11 is 0. The third-order valence-electron chi connectivity index (χ3n) is 3.41. The van der Waals surface area contributed by atoms with E-state index in [0.29, 0.717) is 5.39 Å². The minimum Gasteiger partial charge on any atom is -0.340 e. The number of rotatable bonds is 2. The van der Waals surface area contributed by atoms with Gasteiger partial charge in [0.05, 0.1) is 11.6 Å². The maximum Gasteiger partial charge on any atom is 0.132 e. The normalized spacial score (nSPS) is 12.8. The molecule has 0 aliphatic rings. The molecule has 0 aliphatic carbocycles. The summed E-state index contributed by atoms with van der Waals surface area (Å²) in [7, 11) is 0. The van der Waals surface area contributed by atoms with Crippen LogP contribution in [0.25, 0.3) is 10.9 Å². The van der Waals surface area contributed by atoms with Gasteiger partial charge >= 0.3 is 0 Å². The molecule has 90 valence electrons. The fourth-order valence-corrected chi connectivity index (χ4v) is 2.38. The van der Waals surface area contributed by atoms with E-state index in [1.54, 1.807) is 6.07 Å². The van der Waals surface area contributed by atoms with Crippen LogP contribution in [0.1, 0.15) is 18.5 Å². The first-order valence-corrected chi connectivity index (χ1v) is 6.07. The van der Waals surface area contributed by atoms with E-state index in [2.05, 4.69) is 23.6 Å². The quantitative estimate of drug-likeness (QED) is 0.625. The molecule has 18 heavy (non-hydrogen) atoms. The Labute approximate surface area is 105 Å². The third kappa shape index (κ3) is 1.70. The Kier molecular flexibility index (Phi) is 2.63. The van der Waals surface area contributed by atoms with Gasteiger partial charge in [-0.1, -0.05) is 36.4 Å². The van der Waals surface area contributed by atoms with E-state index in [1.165, 1.54) is 11.6 Å². The van der Waals surface area contributed by atoms with Gasteiger partial charge in [0.25, 0.3) is 0 Å². The predicted molar refractivity (Wildman–Crippen MR) is 72.2 cm³/mol. The zero-order valence-electron chi connectivity index (χ0n) is 10.2. The molecule has 1 nitrogen and oxygen atoms in total. The highest BCUT2D eigenvalue weighted by Crippen LogP contribution is 2.26. The summed E-state index contributed by atoms with van der Waals surface area (Å²) < 4.78 is 15.8. The number of hydrogen-bond donors (Lipinski definition) is 0. The van der Waals surface area contributed by atoms with Crippen LogP contribution in [0, 0.1) is 5.82 Å². The second kappa shape index (κ2) is 4.30. The van der Waals surface area contributed by atoms with Crippen LogP contribution in [0.15, 0.2) is 60.8 Å². The van der Waals surface area contributed by atoms with Crippen molar-refractivity contribution in [3.63, 3.8) is 0 Å². The van der Waals surface area contributed by atoms with Crippen LogP contribution in [-0.4, -0.2) is 4.57 Å². The highest BCUT2D eigenvalue weighted by atomic mass is 19.1. The molecule has 1 aromatic heterocycles. The number of hydrogen-bond acceptors (Lipinski definition) is 0. The van der Waals surface area contributed by atoms with E-state index in [-0.39, 0.29) is 11.9 Å². The van der Waals surface area contributed by atoms with Crippen molar-refractivity contribution < 1.29 is 4.39 Å². The molecule has 0 fully saturated rings. The molecule has 0 bridgehead atoms. The molecule has 0 spiro atoms. The van der Waals surface area contributed by atoms with Gasteiger partial charge in [0, 0.05) is 11.6 Å². The molecule has 0 saturated heterocycles. The Morgan fingerprint density at radius 1 is 0.944 bits per heavy atom. The molecule has 0 saturated carbocycles.